The maximum atomic E-state index is 13.5. The third-order valence-corrected chi connectivity index (χ3v) is 5.15. The zero-order chi connectivity index (χ0) is 17.4. The molecule has 0 aliphatic heterocycles. The Bertz CT molecular complexity index is 1060. The second-order valence-corrected chi connectivity index (χ2v) is 7.22. The molecule has 0 radical (unpaired) electrons. The fourth-order valence-corrected chi connectivity index (χ4v) is 3.94. The largest absolute Gasteiger partial charge is 0.339 e. The Labute approximate surface area is 153 Å². The highest BCUT2D eigenvalue weighted by molar-refractivity contribution is 7.19. The van der Waals surface area contributed by atoms with E-state index in [1.54, 1.807) is 23.5 Å². The highest BCUT2D eigenvalue weighted by atomic mass is 35.5. The Kier molecular flexibility index (Phi) is 4.11. The van der Waals surface area contributed by atoms with Crippen LogP contribution in [0.25, 0.3) is 21.3 Å². The number of aryl methyl sites for hydroxylation is 1. The summed E-state index contributed by atoms with van der Waals surface area (Å²) in [4.78, 5) is 10.8. The normalized spacial score (nSPS) is 11.0. The van der Waals surface area contributed by atoms with Gasteiger partial charge >= 0.3 is 0 Å². The van der Waals surface area contributed by atoms with Gasteiger partial charge in [0.15, 0.2) is 0 Å². The molecule has 6 heteroatoms. The van der Waals surface area contributed by atoms with Gasteiger partial charge < -0.3 is 5.32 Å². The molecule has 124 valence electrons. The van der Waals surface area contributed by atoms with E-state index in [9.17, 15) is 4.39 Å². The molecule has 4 rings (SSSR count). The molecule has 3 nitrogen and oxygen atoms in total. The van der Waals surface area contributed by atoms with Crippen molar-refractivity contribution < 1.29 is 4.39 Å². The van der Waals surface area contributed by atoms with Crippen molar-refractivity contribution >= 4 is 44.7 Å². The van der Waals surface area contributed by atoms with E-state index in [0.717, 1.165) is 26.2 Å². The van der Waals surface area contributed by atoms with Crippen LogP contribution in [0.2, 0.25) is 5.02 Å². The number of fused-ring (bicyclic) bond motifs is 1. The van der Waals surface area contributed by atoms with Gasteiger partial charge in [0.1, 0.15) is 22.8 Å². The number of halogens is 2. The van der Waals surface area contributed by atoms with Gasteiger partial charge in [-0.2, -0.15) is 0 Å². The van der Waals surface area contributed by atoms with E-state index in [1.807, 2.05) is 24.3 Å². The van der Waals surface area contributed by atoms with Crippen LogP contribution in [-0.4, -0.2) is 9.97 Å². The Morgan fingerprint density at radius 3 is 2.64 bits per heavy atom. The van der Waals surface area contributed by atoms with Gasteiger partial charge in [-0.05, 0) is 42.8 Å². The number of hydrogen-bond acceptors (Lipinski definition) is 4. The number of anilines is 2. The summed E-state index contributed by atoms with van der Waals surface area (Å²) in [5, 5.41) is 4.83. The van der Waals surface area contributed by atoms with Gasteiger partial charge in [0.2, 0.25) is 0 Å². The van der Waals surface area contributed by atoms with Crippen LogP contribution >= 0.6 is 22.9 Å². The van der Waals surface area contributed by atoms with Crippen molar-refractivity contribution in [2.75, 3.05) is 5.32 Å². The molecule has 0 fully saturated rings. The van der Waals surface area contributed by atoms with Gasteiger partial charge in [0, 0.05) is 21.2 Å². The van der Waals surface area contributed by atoms with E-state index in [2.05, 4.69) is 22.2 Å². The second kappa shape index (κ2) is 6.43. The Morgan fingerprint density at radius 1 is 1.08 bits per heavy atom. The average molecular weight is 370 g/mol. The molecule has 2 aromatic carbocycles. The first-order valence-electron chi connectivity index (χ1n) is 7.64. The number of thiophene rings is 1. The summed E-state index contributed by atoms with van der Waals surface area (Å²) >= 11 is 7.62. The lowest BCUT2D eigenvalue weighted by molar-refractivity contribution is 0.628. The summed E-state index contributed by atoms with van der Waals surface area (Å²) in [6.07, 6.45) is 1.52. The van der Waals surface area contributed by atoms with Crippen LogP contribution < -0.4 is 5.32 Å². The summed E-state index contributed by atoms with van der Waals surface area (Å²) in [7, 11) is 0. The highest BCUT2D eigenvalue weighted by Crippen LogP contribution is 2.41. The molecular formula is C19H13ClFN3S. The Morgan fingerprint density at radius 2 is 1.88 bits per heavy atom. The molecule has 0 amide bonds. The van der Waals surface area contributed by atoms with Crippen LogP contribution in [0, 0.1) is 12.7 Å². The van der Waals surface area contributed by atoms with Gasteiger partial charge in [0.05, 0.1) is 5.39 Å². The molecule has 0 atom stereocenters. The number of nitrogens with one attached hydrogen (secondary N) is 1. The molecule has 25 heavy (non-hydrogen) atoms. The van der Waals surface area contributed by atoms with Gasteiger partial charge in [0.25, 0.3) is 0 Å². The van der Waals surface area contributed by atoms with E-state index in [0.29, 0.717) is 16.5 Å². The minimum atomic E-state index is -0.297. The minimum absolute atomic E-state index is 0.297. The van der Waals surface area contributed by atoms with Crippen molar-refractivity contribution in [3.05, 3.63) is 70.6 Å². The van der Waals surface area contributed by atoms with Gasteiger partial charge in [-0.1, -0.05) is 29.8 Å². The van der Waals surface area contributed by atoms with Gasteiger partial charge in [-0.3, -0.25) is 0 Å². The van der Waals surface area contributed by atoms with E-state index in [-0.39, 0.29) is 5.82 Å². The number of hydrogen-bond donors (Lipinski definition) is 1. The molecule has 0 bridgehead atoms. The SMILES string of the molecule is Cc1sc2ncnc(Nc3cccc(F)c3)c2c1-c1ccc(Cl)cc1. The average Bonchev–Trinajstić information content (AvgIpc) is 2.93. The van der Waals surface area contributed by atoms with Crippen LogP contribution in [0.4, 0.5) is 15.9 Å². The van der Waals surface area contributed by atoms with Crippen molar-refractivity contribution in [3.8, 4) is 11.1 Å². The van der Waals surface area contributed by atoms with Crippen LogP contribution in [-0.2, 0) is 0 Å². The Balaban J connectivity index is 1.89. The third-order valence-electron chi connectivity index (χ3n) is 3.88. The predicted octanol–water partition coefficient (Wildman–Crippen LogP) is 6.20. The zero-order valence-corrected chi connectivity index (χ0v) is 14.8. The minimum Gasteiger partial charge on any atom is -0.339 e. The number of rotatable bonds is 3. The molecule has 1 N–H and O–H groups in total. The third kappa shape index (κ3) is 3.08. The molecule has 4 aromatic rings. The van der Waals surface area contributed by atoms with E-state index >= 15 is 0 Å². The first-order valence-corrected chi connectivity index (χ1v) is 8.84. The number of nitrogens with zero attached hydrogens (tertiary/aromatic N) is 2. The smallest absolute Gasteiger partial charge is 0.143 e. The van der Waals surface area contributed by atoms with Gasteiger partial charge in [-0.25, -0.2) is 14.4 Å². The lowest BCUT2D eigenvalue weighted by Crippen LogP contribution is -1.96. The van der Waals surface area contributed by atoms with Crippen molar-refractivity contribution in [2.45, 2.75) is 6.92 Å². The fraction of sp³-hybridized carbons (Fsp3) is 0.0526. The first kappa shape index (κ1) is 16.0. The molecule has 0 aliphatic carbocycles. The van der Waals surface area contributed by atoms with E-state index in [4.69, 9.17) is 11.6 Å². The fourth-order valence-electron chi connectivity index (χ4n) is 2.81. The molecule has 0 aliphatic rings. The maximum Gasteiger partial charge on any atom is 0.143 e. The molecule has 0 spiro atoms. The maximum absolute atomic E-state index is 13.5. The summed E-state index contributed by atoms with van der Waals surface area (Å²) in [5.74, 6) is 0.361. The van der Waals surface area contributed by atoms with Crippen molar-refractivity contribution in [3.63, 3.8) is 0 Å². The van der Waals surface area contributed by atoms with Crippen molar-refractivity contribution in [2.24, 2.45) is 0 Å². The van der Waals surface area contributed by atoms with Crippen LogP contribution in [0.15, 0.2) is 54.9 Å². The number of benzene rings is 2. The molecular weight excluding hydrogens is 357 g/mol. The van der Waals surface area contributed by atoms with Gasteiger partial charge in [-0.15, -0.1) is 11.3 Å². The first-order chi connectivity index (χ1) is 12.1. The van der Waals surface area contributed by atoms with E-state index in [1.165, 1.54) is 18.5 Å². The summed E-state index contributed by atoms with van der Waals surface area (Å²) in [6, 6.07) is 14.0. The quantitative estimate of drug-likeness (QED) is 0.467. The lowest BCUT2D eigenvalue weighted by atomic mass is 10.0. The predicted molar refractivity (Wildman–Crippen MR) is 102 cm³/mol. The van der Waals surface area contributed by atoms with Crippen LogP contribution in [0.3, 0.4) is 0 Å². The van der Waals surface area contributed by atoms with Crippen LogP contribution in [0.1, 0.15) is 4.88 Å². The summed E-state index contributed by atoms with van der Waals surface area (Å²) < 4.78 is 13.5. The zero-order valence-electron chi connectivity index (χ0n) is 13.3. The molecule has 2 heterocycles. The molecule has 0 saturated carbocycles. The molecule has 0 unspecified atom stereocenters. The lowest BCUT2D eigenvalue weighted by Gasteiger charge is -2.09. The molecule has 0 saturated heterocycles. The Hall–Kier alpha value is -2.50. The standard InChI is InChI=1S/C19H13ClFN3S/c1-11-16(12-5-7-13(20)8-6-12)17-18(22-10-23-19(17)25-11)24-15-4-2-3-14(21)9-15/h2-10H,1H3,(H,22,23,24). The van der Waals surface area contributed by atoms with Crippen molar-refractivity contribution in [1.82, 2.24) is 9.97 Å². The highest BCUT2D eigenvalue weighted by Gasteiger charge is 2.17. The number of aromatic nitrogens is 2. The monoisotopic (exact) mass is 369 g/mol. The second-order valence-electron chi connectivity index (χ2n) is 5.58. The summed E-state index contributed by atoms with van der Waals surface area (Å²) in [5.41, 5.74) is 2.76. The van der Waals surface area contributed by atoms with E-state index < -0.39 is 0 Å². The molecule has 2 aromatic heterocycles. The topological polar surface area (TPSA) is 37.8 Å². The van der Waals surface area contributed by atoms with Crippen molar-refractivity contribution in [1.29, 1.82) is 0 Å². The summed E-state index contributed by atoms with van der Waals surface area (Å²) in [6.45, 7) is 2.06. The van der Waals surface area contributed by atoms with Crippen LogP contribution in [0.5, 0.6) is 0 Å².